The van der Waals surface area contributed by atoms with E-state index < -0.39 is 0 Å². The second-order valence-corrected chi connectivity index (χ2v) is 8.65. The summed E-state index contributed by atoms with van der Waals surface area (Å²) in [5.74, 6) is 0.181. The van der Waals surface area contributed by atoms with Gasteiger partial charge in [-0.05, 0) is 11.6 Å². The molecule has 5 nitrogen and oxygen atoms in total. The van der Waals surface area contributed by atoms with E-state index in [0.717, 1.165) is 37.0 Å². The molecule has 0 bridgehead atoms. The normalized spacial score (nSPS) is 20.9. The molecule has 0 atom stereocenters. The molecule has 3 heterocycles. The summed E-state index contributed by atoms with van der Waals surface area (Å²) in [4.78, 5) is 23.9. The summed E-state index contributed by atoms with van der Waals surface area (Å²) in [6.07, 6.45) is 3.70. The number of nitrogens with zero attached hydrogens (tertiary/aromatic N) is 4. The van der Waals surface area contributed by atoms with E-state index in [1.165, 1.54) is 11.3 Å². The fourth-order valence-electron chi connectivity index (χ4n) is 4.15. The Labute approximate surface area is 164 Å². The molecule has 0 radical (unpaired) electrons. The van der Waals surface area contributed by atoms with Crippen molar-refractivity contribution in [2.75, 3.05) is 49.6 Å². The zero-order chi connectivity index (χ0) is 19.0. The molecule has 1 saturated heterocycles. The minimum atomic E-state index is -0.148. The highest BCUT2D eigenvalue weighted by atomic mass is 32.1. The lowest BCUT2D eigenvalue weighted by molar-refractivity contribution is -0.115. The molecule has 1 aromatic carbocycles. The SMILES string of the molecule is CN1/C(=C\C(=O)CN2CCN(c3nccs3)CC2)C(C)(C)c2ccccc21. The molecule has 1 fully saturated rings. The Morgan fingerprint density at radius 1 is 1.22 bits per heavy atom. The number of carbonyl (C=O) groups excluding carboxylic acids is 1. The number of carbonyl (C=O) groups is 1. The summed E-state index contributed by atoms with van der Waals surface area (Å²) in [6.45, 7) is 8.52. The minimum absolute atomic E-state index is 0.148. The van der Waals surface area contributed by atoms with E-state index in [0.29, 0.717) is 6.54 Å². The van der Waals surface area contributed by atoms with Crippen molar-refractivity contribution in [1.29, 1.82) is 0 Å². The fourth-order valence-corrected chi connectivity index (χ4v) is 4.84. The molecule has 0 aliphatic carbocycles. The van der Waals surface area contributed by atoms with Gasteiger partial charge in [0.1, 0.15) is 0 Å². The van der Waals surface area contributed by atoms with Gasteiger partial charge in [0.05, 0.1) is 6.54 Å². The van der Waals surface area contributed by atoms with Crippen LogP contribution < -0.4 is 9.80 Å². The average molecular weight is 383 g/mol. The number of fused-ring (bicyclic) bond motifs is 1. The number of anilines is 2. The lowest BCUT2D eigenvalue weighted by Crippen LogP contribution is -2.47. The lowest BCUT2D eigenvalue weighted by atomic mass is 9.83. The number of piperazine rings is 1. The van der Waals surface area contributed by atoms with Crippen LogP contribution in [0.3, 0.4) is 0 Å². The molecule has 142 valence electrons. The Bertz CT molecular complexity index is 851. The van der Waals surface area contributed by atoms with Crippen LogP contribution in [0.25, 0.3) is 0 Å². The second kappa shape index (κ2) is 7.09. The van der Waals surface area contributed by atoms with Gasteiger partial charge in [-0.25, -0.2) is 4.98 Å². The van der Waals surface area contributed by atoms with Gasteiger partial charge in [-0.2, -0.15) is 0 Å². The van der Waals surface area contributed by atoms with Crippen molar-refractivity contribution in [3.63, 3.8) is 0 Å². The number of hydrogen-bond donors (Lipinski definition) is 0. The van der Waals surface area contributed by atoms with Crippen molar-refractivity contribution < 1.29 is 4.79 Å². The molecule has 0 unspecified atom stereocenters. The van der Waals surface area contributed by atoms with Gasteiger partial charge in [0.25, 0.3) is 0 Å². The van der Waals surface area contributed by atoms with Crippen molar-refractivity contribution >= 4 is 27.9 Å². The van der Waals surface area contributed by atoms with Gasteiger partial charge < -0.3 is 9.80 Å². The second-order valence-electron chi connectivity index (χ2n) is 7.77. The monoisotopic (exact) mass is 382 g/mol. The van der Waals surface area contributed by atoms with Crippen LogP contribution in [-0.4, -0.2) is 55.4 Å². The Hall–Kier alpha value is -2.18. The summed E-state index contributed by atoms with van der Waals surface area (Å²) in [5.41, 5.74) is 3.40. The largest absolute Gasteiger partial charge is 0.347 e. The van der Waals surface area contributed by atoms with Crippen LogP contribution in [-0.2, 0) is 10.2 Å². The van der Waals surface area contributed by atoms with Crippen molar-refractivity contribution in [2.24, 2.45) is 0 Å². The van der Waals surface area contributed by atoms with E-state index >= 15 is 0 Å². The van der Waals surface area contributed by atoms with E-state index in [1.54, 1.807) is 11.3 Å². The van der Waals surface area contributed by atoms with Crippen LogP contribution in [0.2, 0.25) is 0 Å². The zero-order valence-corrected chi connectivity index (χ0v) is 17.0. The van der Waals surface area contributed by atoms with Gasteiger partial charge in [-0.1, -0.05) is 32.0 Å². The molecule has 0 saturated carbocycles. The number of allylic oxidation sites excluding steroid dienone is 1. The summed E-state index contributed by atoms with van der Waals surface area (Å²) >= 11 is 1.67. The standard InChI is InChI=1S/C21H26N4OS/c1-21(2)17-6-4-5-7-18(17)23(3)19(21)14-16(26)15-24-9-11-25(12-10-24)20-22-8-13-27-20/h4-8,13-14H,9-12,15H2,1-3H3/b19-14-. The highest BCUT2D eigenvalue weighted by molar-refractivity contribution is 7.13. The Morgan fingerprint density at radius 3 is 2.63 bits per heavy atom. The topological polar surface area (TPSA) is 39.7 Å². The summed E-state index contributed by atoms with van der Waals surface area (Å²) in [7, 11) is 2.06. The van der Waals surface area contributed by atoms with Crippen LogP contribution in [0, 0.1) is 0 Å². The number of aromatic nitrogens is 1. The highest BCUT2D eigenvalue weighted by Crippen LogP contribution is 2.46. The average Bonchev–Trinajstić information content (AvgIpc) is 3.26. The van der Waals surface area contributed by atoms with Crippen LogP contribution >= 0.6 is 11.3 Å². The number of likely N-dealkylation sites (N-methyl/N-ethyl adjacent to an activating group) is 1. The molecule has 2 aliphatic rings. The van der Waals surface area contributed by atoms with Crippen molar-refractivity contribution in [2.45, 2.75) is 19.3 Å². The van der Waals surface area contributed by atoms with Crippen molar-refractivity contribution in [3.05, 3.63) is 53.2 Å². The molecule has 27 heavy (non-hydrogen) atoms. The number of thiazole rings is 1. The Morgan fingerprint density at radius 2 is 1.96 bits per heavy atom. The molecule has 0 spiro atoms. The summed E-state index contributed by atoms with van der Waals surface area (Å²) in [6, 6.07) is 8.41. The molecule has 1 aromatic heterocycles. The number of benzene rings is 1. The predicted molar refractivity (Wildman–Crippen MR) is 112 cm³/mol. The molecular weight excluding hydrogens is 356 g/mol. The van der Waals surface area contributed by atoms with Crippen LogP contribution in [0.1, 0.15) is 19.4 Å². The minimum Gasteiger partial charge on any atom is -0.347 e. The van der Waals surface area contributed by atoms with E-state index in [-0.39, 0.29) is 11.2 Å². The first-order valence-corrected chi connectivity index (χ1v) is 10.3. The maximum atomic E-state index is 12.8. The highest BCUT2D eigenvalue weighted by Gasteiger charge is 2.38. The number of para-hydroxylation sites is 1. The number of ketones is 1. The van der Waals surface area contributed by atoms with E-state index in [1.807, 2.05) is 17.7 Å². The lowest BCUT2D eigenvalue weighted by Gasteiger charge is -2.34. The maximum Gasteiger partial charge on any atom is 0.185 e. The quantitative estimate of drug-likeness (QED) is 0.760. The first-order valence-electron chi connectivity index (χ1n) is 9.42. The summed E-state index contributed by atoms with van der Waals surface area (Å²) in [5, 5.41) is 3.09. The summed E-state index contributed by atoms with van der Waals surface area (Å²) < 4.78 is 0. The molecule has 0 N–H and O–H groups in total. The number of rotatable bonds is 4. The van der Waals surface area contributed by atoms with Gasteiger partial charge in [-0.15, -0.1) is 11.3 Å². The third kappa shape index (κ3) is 3.39. The Kier molecular flexibility index (Phi) is 4.78. The molecule has 4 rings (SSSR count). The predicted octanol–water partition coefficient (Wildman–Crippen LogP) is 3.15. The van der Waals surface area contributed by atoms with Crippen LogP contribution in [0.15, 0.2) is 47.6 Å². The van der Waals surface area contributed by atoms with E-state index in [2.05, 4.69) is 64.8 Å². The number of hydrogen-bond acceptors (Lipinski definition) is 6. The van der Waals surface area contributed by atoms with Gasteiger partial charge in [0, 0.05) is 67.7 Å². The van der Waals surface area contributed by atoms with Crippen molar-refractivity contribution in [3.8, 4) is 0 Å². The first kappa shape index (κ1) is 18.2. The van der Waals surface area contributed by atoms with E-state index in [4.69, 9.17) is 0 Å². The molecule has 6 heteroatoms. The van der Waals surface area contributed by atoms with Crippen molar-refractivity contribution in [1.82, 2.24) is 9.88 Å². The maximum absolute atomic E-state index is 12.8. The molecule has 2 aromatic rings. The molecular formula is C21H26N4OS. The third-order valence-corrected chi connectivity index (χ3v) is 6.51. The smallest absolute Gasteiger partial charge is 0.185 e. The first-order chi connectivity index (χ1) is 13.0. The fraction of sp³-hybridized carbons (Fsp3) is 0.429. The van der Waals surface area contributed by atoms with Gasteiger partial charge in [-0.3, -0.25) is 9.69 Å². The van der Waals surface area contributed by atoms with Gasteiger partial charge in [0.15, 0.2) is 10.9 Å². The van der Waals surface area contributed by atoms with Crippen LogP contribution in [0.4, 0.5) is 10.8 Å². The van der Waals surface area contributed by atoms with Gasteiger partial charge >= 0.3 is 0 Å². The van der Waals surface area contributed by atoms with E-state index in [9.17, 15) is 4.79 Å². The van der Waals surface area contributed by atoms with Crippen LogP contribution in [0.5, 0.6) is 0 Å². The van der Waals surface area contributed by atoms with Gasteiger partial charge in [0.2, 0.25) is 0 Å². The Balaban J connectivity index is 1.41. The zero-order valence-electron chi connectivity index (χ0n) is 16.2. The molecule has 2 aliphatic heterocycles. The third-order valence-electron chi connectivity index (χ3n) is 5.68. The molecule has 0 amide bonds.